The van der Waals surface area contributed by atoms with E-state index in [1.165, 1.54) is 10.5 Å². The number of alkyl halides is 3. The van der Waals surface area contributed by atoms with Crippen molar-refractivity contribution < 1.29 is 23.1 Å². The molecular weight excluding hydrogens is 597 g/mol. The van der Waals surface area contributed by atoms with Crippen LogP contribution in [0.15, 0.2) is 47.7 Å². The van der Waals surface area contributed by atoms with Crippen molar-refractivity contribution in [2.24, 2.45) is 10.5 Å². The summed E-state index contributed by atoms with van der Waals surface area (Å²) in [6, 6.07) is 12.0. The molecule has 242 valence electrons. The maximum Gasteiger partial charge on any atom is 0.453 e. The second-order valence-corrected chi connectivity index (χ2v) is 13.1. The van der Waals surface area contributed by atoms with Gasteiger partial charge in [-0.25, -0.2) is 9.78 Å². The van der Waals surface area contributed by atoms with Crippen LogP contribution in [0.5, 0.6) is 0 Å². The predicted molar refractivity (Wildman–Crippen MR) is 167 cm³/mol. The average Bonchev–Trinajstić information content (AvgIpc) is 3.48. The summed E-state index contributed by atoms with van der Waals surface area (Å²) < 4.78 is 40.7. The number of halogens is 3. The molecule has 0 radical (unpaired) electrons. The van der Waals surface area contributed by atoms with Crippen molar-refractivity contribution in [3.63, 3.8) is 0 Å². The highest BCUT2D eigenvalue weighted by Crippen LogP contribution is 2.32. The van der Waals surface area contributed by atoms with Crippen molar-refractivity contribution in [2.45, 2.75) is 64.6 Å². The van der Waals surface area contributed by atoms with Crippen LogP contribution in [0, 0.1) is 17.3 Å². The minimum atomic E-state index is -4.60. The molecule has 13 heteroatoms. The first-order chi connectivity index (χ1) is 21.9. The molecule has 1 atom stereocenters. The normalized spacial score (nSPS) is 19.3. The number of hydrogen-bond acceptors (Lipinski definition) is 7. The number of hydrogen-bond donors (Lipinski definition) is 1. The summed E-state index contributed by atoms with van der Waals surface area (Å²) in [6.45, 7) is 9.22. The van der Waals surface area contributed by atoms with Gasteiger partial charge >= 0.3 is 12.3 Å². The highest BCUT2D eigenvalue weighted by Gasteiger charge is 2.40. The summed E-state index contributed by atoms with van der Waals surface area (Å²) in [6.07, 6.45) is -1.03. The fraction of sp³-hybridized carbons (Fsp3) is 0.485. The Balaban J connectivity index is 1.04. The van der Waals surface area contributed by atoms with Gasteiger partial charge in [0.2, 0.25) is 0 Å². The van der Waals surface area contributed by atoms with Crippen LogP contribution < -0.4 is 4.90 Å². The van der Waals surface area contributed by atoms with E-state index in [4.69, 9.17) is 0 Å². The van der Waals surface area contributed by atoms with Gasteiger partial charge in [-0.05, 0) is 54.0 Å². The molecule has 46 heavy (non-hydrogen) atoms. The monoisotopic (exact) mass is 634 g/mol. The van der Waals surface area contributed by atoms with Gasteiger partial charge in [-0.3, -0.25) is 0 Å². The number of carbonyl (C=O) groups is 1. The van der Waals surface area contributed by atoms with Gasteiger partial charge in [0.15, 0.2) is 5.82 Å². The molecule has 0 saturated carbocycles. The summed E-state index contributed by atoms with van der Waals surface area (Å²) in [5.41, 5.74) is 2.71. The molecule has 1 N–H and O–H groups in total. The van der Waals surface area contributed by atoms with E-state index >= 15 is 0 Å². The number of nitrogens with zero attached hydrogens (tertiary/aromatic N) is 8. The Labute approximate surface area is 265 Å². The van der Waals surface area contributed by atoms with Gasteiger partial charge in [0.1, 0.15) is 11.7 Å². The number of pyridine rings is 1. The molecular formula is C33H37F3N8O2. The van der Waals surface area contributed by atoms with Crippen molar-refractivity contribution in [2.75, 3.05) is 37.6 Å². The lowest BCUT2D eigenvalue weighted by Gasteiger charge is -2.46. The topological polar surface area (TPSA) is 103 Å². The minimum absolute atomic E-state index is 0.138. The number of piperidine rings is 1. The number of aryl methyl sites for hydroxylation is 1. The van der Waals surface area contributed by atoms with Crippen LogP contribution in [0.4, 0.5) is 23.8 Å². The number of benzene rings is 1. The average molecular weight is 635 g/mol. The molecule has 6 rings (SSSR count). The molecule has 1 unspecified atom stereocenters. The maximum absolute atomic E-state index is 13.3. The molecule has 2 aromatic heterocycles. The van der Waals surface area contributed by atoms with Gasteiger partial charge < -0.3 is 19.8 Å². The zero-order valence-electron chi connectivity index (χ0n) is 26.1. The molecule has 0 spiro atoms. The van der Waals surface area contributed by atoms with E-state index in [-0.39, 0.29) is 17.3 Å². The van der Waals surface area contributed by atoms with Crippen LogP contribution in [0.25, 0.3) is 0 Å². The third-order valence-corrected chi connectivity index (χ3v) is 9.04. The highest BCUT2D eigenvalue weighted by atomic mass is 19.4. The quantitative estimate of drug-likeness (QED) is 0.382. The molecule has 2 fully saturated rings. The minimum Gasteiger partial charge on any atom is -0.465 e. The standard InChI is InChI=1S/C33H37F3N8O2/c1-32(2,3)26-21-42(18-19-43(26)31(45)46)27-11-8-23(20-37-27)5-4-22-6-9-24(10-7-22)25-14-16-41(17-15-25)29-13-12-28-38-39-30(33(34,35)36)44(28)40-29/h6-11,20,25-26H,12-19,21H2,1-3H3,(H,45,46). The molecule has 5 heterocycles. The molecule has 3 aliphatic heterocycles. The molecule has 0 bridgehead atoms. The molecule has 3 aliphatic rings. The number of rotatable bonds is 2. The van der Waals surface area contributed by atoms with E-state index in [1.807, 2.05) is 24.3 Å². The molecule has 0 aliphatic carbocycles. The summed E-state index contributed by atoms with van der Waals surface area (Å²) in [7, 11) is 0. The third-order valence-electron chi connectivity index (χ3n) is 9.04. The van der Waals surface area contributed by atoms with Crippen LogP contribution in [-0.2, 0) is 12.6 Å². The SMILES string of the molecule is CC(C)(C)C1CN(c2ccc(C#Cc3ccc(C4CCN(C5=Nn6c(nnc6C(F)(F)F)CC5)CC4)cc3)cn2)CCN1C(=O)O. The van der Waals surface area contributed by atoms with E-state index in [1.54, 1.807) is 6.20 Å². The first-order valence-corrected chi connectivity index (χ1v) is 15.5. The summed E-state index contributed by atoms with van der Waals surface area (Å²) in [4.78, 5) is 22.1. The second kappa shape index (κ2) is 12.3. The molecule has 10 nitrogen and oxygen atoms in total. The molecule has 1 amide bonds. The van der Waals surface area contributed by atoms with E-state index < -0.39 is 18.1 Å². The number of carboxylic acid groups (broad SMARTS) is 1. The first kappa shape index (κ1) is 31.4. The van der Waals surface area contributed by atoms with Crippen LogP contribution in [0.3, 0.4) is 0 Å². The van der Waals surface area contributed by atoms with Crippen LogP contribution in [-0.4, -0.2) is 85.5 Å². The molecule has 1 aromatic carbocycles. The van der Waals surface area contributed by atoms with Gasteiger partial charge in [-0.15, -0.1) is 10.2 Å². The Hall–Kier alpha value is -4.60. The maximum atomic E-state index is 13.3. The van der Waals surface area contributed by atoms with E-state index in [0.29, 0.717) is 44.2 Å². The number of aromatic nitrogens is 4. The lowest BCUT2D eigenvalue weighted by Crippen LogP contribution is -2.59. The largest absolute Gasteiger partial charge is 0.465 e. The lowest BCUT2D eigenvalue weighted by atomic mass is 9.84. The lowest BCUT2D eigenvalue weighted by molar-refractivity contribution is -0.147. The van der Waals surface area contributed by atoms with Crippen molar-refractivity contribution in [1.29, 1.82) is 0 Å². The van der Waals surface area contributed by atoms with Crippen molar-refractivity contribution in [3.8, 4) is 11.8 Å². The number of likely N-dealkylation sites (tertiary alicyclic amines) is 1. The van der Waals surface area contributed by atoms with Gasteiger partial charge in [0.25, 0.3) is 5.82 Å². The van der Waals surface area contributed by atoms with E-state index in [9.17, 15) is 23.1 Å². The number of piperazine rings is 1. The zero-order chi connectivity index (χ0) is 32.6. The van der Waals surface area contributed by atoms with Crippen molar-refractivity contribution >= 4 is 17.7 Å². The fourth-order valence-corrected chi connectivity index (χ4v) is 6.42. The van der Waals surface area contributed by atoms with Crippen LogP contribution >= 0.6 is 0 Å². The fourth-order valence-electron chi connectivity index (χ4n) is 6.42. The van der Waals surface area contributed by atoms with Gasteiger partial charge in [0, 0.05) is 62.9 Å². The van der Waals surface area contributed by atoms with Crippen LogP contribution in [0.2, 0.25) is 0 Å². The smallest absolute Gasteiger partial charge is 0.453 e. The van der Waals surface area contributed by atoms with Gasteiger partial charge in [-0.1, -0.05) is 44.7 Å². The summed E-state index contributed by atoms with van der Waals surface area (Å²) >= 11 is 0. The van der Waals surface area contributed by atoms with E-state index in [2.05, 4.69) is 74.8 Å². The van der Waals surface area contributed by atoms with Crippen LogP contribution in [0.1, 0.15) is 74.3 Å². The summed E-state index contributed by atoms with van der Waals surface area (Å²) in [5, 5.41) is 20.9. The highest BCUT2D eigenvalue weighted by molar-refractivity contribution is 5.83. The first-order valence-electron chi connectivity index (χ1n) is 15.5. The Morgan fingerprint density at radius 2 is 1.59 bits per heavy atom. The van der Waals surface area contributed by atoms with Crippen molar-refractivity contribution in [3.05, 3.63) is 70.9 Å². The van der Waals surface area contributed by atoms with Crippen molar-refractivity contribution in [1.82, 2.24) is 29.7 Å². The van der Waals surface area contributed by atoms with E-state index in [0.717, 1.165) is 47.6 Å². The Bertz CT molecular complexity index is 1660. The Morgan fingerprint density at radius 3 is 2.22 bits per heavy atom. The number of amides is 1. The Morgan fingerprint density at radius 1 is 0.891 bits per heavy atom. The van der Waals surface area contributed by atoms with Gasteiger partial charge in [-0.2, -0.15) is 22.9 Å². The molecule has 2 saturated heterocycles. The zero-order valence-corrected chi connectivity index (χ0v) is 26.1. The summed E-state index contributed by atoms with van der Waals surface area (Å²) in [5.74, 6) is 7.38. The Kier molecular flexibility index (Phi) is 8.39. The predicted octanol–water partition coefficient (Wildman–Crippen LogP) is 5.29. The number of amidine groups is 1. The molecule has 3 aromatic rings. The number of anilines is 1. The number of fused-ring (bicyclic) bond motifs is 1. The van der Waals surface area contributed by atoms with Gasteiger partial charge in [0.05, 0.1) is 6.04 Å². The third kappa shape index (κ3) is 6.66. The second-order valence-electron chi connectivity index (χ2n) is 13.1.